The van der Waals surface area contributed by atoms with Gasteiger partial charge in [0.25, 0.3) is 0 Å². The quantitative estimate of drug-likeness (QED) is 0.695. The fourth-order valence-corrected chi connectivity index (χ4v) is 0.760. The Hall–Kier alpha value is 0.650. The van der Waals surface area contributed by atoms with Crippen molar-refractivity contribution >= 4 is 24.0 Å². The van der Waals surface area contributed by atoms with Crippen LogP contribution in [0.5, 0.6) is 0 Å². The lowest BCUT2D eigenvalue weighted by Gasteiger charge is -2.16. The molecule has 0 aliphatic rings. The van der Waals surface area contributed by atoms with E-state index in [4.69, 9.17) is 4.74 Å². The third-order valence-corrected chi connectivity index (χ3v) is 1.51. The molecule has 0 radical (unpaired) electrons. The zero-order valence-electron chi connectivity index (χ0n) is 7.09. The number of ether oxygens (including phenoxy) is 1. The molecule has 0 fully saturated rings. The molecule has 3 heteroatoms. The van der Waals surface area contributed by atoms with Crippen molar-refractivity contribution in [3.63, 3.8) is 0 Å². The summed E-state index contributed by atoms with van der Waals surface area (Å²) in [6, 6.07) is 0. The molecular weight excluding hydrogens is 241 g/mol. The summed E-state index contributed by atoms with van der Waals surface area (Å²) in [4.78, 5) is 2.34. The second-order valence-electron chi connectivity index (χ2n) is 2.02. The van der Waals surface area contributed by atoms with Crippen LogP contribution in [0.15, 0.2) is 0 Å². The van der Waals surface area contributed by atoms with E-state index in [0.29, 0.717) is 0 Å². The van der Waals surface area contributed by atoms with Gasteiger partial charge in [-0.05, 0) is 13.1 Å². The highest BCUT2D eigenvalue weighted by molar-refractivity contribution is 14.0. The average Bonchev–Trinajstić information content (AvgIpc) is 1.91. The summed E-state index contributed by atoms with van der Waals surface area (Å²) in [5.41, 5.74) is 0. The van der Waals surface area contributed by atoms with Gasteiger partial charge in [-0.1, -0.05) is 13.8 Å². The number of halogens is 1. The Morgan fingerprint density at radius 3 is 2.00 bits per heavy atom. The minimum atomic E-state index is 0. The van der Waals surface area contributed by atoms with Crippen LogP contribution >= 0.6 is 24.0 Å². The first kappa shape index (κ1) is 13.3. The second-order valence-corrected chi connectivity index (χ2v) is 2.02. The van der Waals surface area contributed by atoms with E-state index in [1.54, 1.807) is 7.11 Å². The van der Waals surface area contributed by atoms with Crippen LogP contribution in [0, 0.1) is 0 Å². The smallest absolute Gasteiger partial charge is 0.0589 e. The maximum atomic E-state index is 4.93. The molecule has 0 aliphatic carbocycles. The van der Waals surface area contributed by atoms with Crippen LogP contribution in [0.3, 0.4) is 0 Å². The molecule has 0 amide bonds. The molecule has 0 saturated carbocycles. The van der Waals surface area contributed by atoms with Gasteiger partial charge in [-0.25, -0.2) is 0 Å². The molecule has 0 N–H and O–H groups in total. The van der Waals surface area contributed by atoms with E-state index in [1.807, 2.05) is 0 Å². The normalized spacial score (nSPS) is 9.60. The SMILES string of the molecule is CCN(CC)CCOC.I. The molecule has 2 nitrogen and oxygen atoms in total. The van der Waals surface area contributed by atoms with E-state index in [0.717, 1.165) is 26.2 Å². The zero-order chi connectivity index (χ0) is 7.11. The van der Waals surface area contributed by atoms with Crippen LogP contribution < -0.4 is 0 Å². The van der Waals surface area contributed by atoms with E-state index in [1.165, 1.54) is 0 Å². The average molecular weight is 259 g/mol. The Kier molecular flexibility index (Phi) is 12.8. The molecule has 0 aromatic carbocycles. The largest absolute Gasteiger partial charge is 0.383 e. The Labute approximate surface area is 80.9 Å². The summed E-state index contributed by atoms with van der Waals surface area (Å²) in [6.45, 7) is 8.49. The minimum absolute atomic E-state index is 0. The molecular formula is C7H18INO. The fraction of sp³-hybridized carbons (Fsp3) is 1.00. The maximum Gasteiger partial charge on any atom is 0.0589 e. The minimum Gasteiger partial charge on any atom is -0.383 e. The molecule has 0 heterocycles. The molecule has 10 heavy (non-hydrogen) atoms. The van der Waals surface area contributed by atoms with Crippen molar-refractivity contribution in [2.24, 2.45) is 0 Å². The van der Waals surface area contributed by atoms with Crippen molar-refractivity contribution in [3.8, 4) is 0 Å². The first-order valence-electron chi connectivity index (χ1n) is 3.56. The van der Waals surface area contributed by atoms with Crippen molar-refractivity contribution in [3.05, 3.63) is 0 Å². The Morgan fingerprint density at radius 2 is 1.70 bits per heavy atom. The molecule has 0 saturated heterocycles. The molecule has 64 valence electrons. The van der Waals surface area contributed by atoms with Gasteiger partial charge in [0.05, 0.1) is 6.61 Å². The summed E-state index contributed by atoms with van der Waals surface area (Å²) in [6.07, 6.45) is 0. The lowest BCUT2D eigenvalue weighted by molar-refractivity contribution is 0.154. The third kappa shape index (κ3) is 6.77. The summed E-state index contributed by atoms with van der Waals surface area (Å²) in [5, 5.41) is 0. The Morgan fingerprint density at radius 1 is 1.20 bits per heavy atom. The van der Waals surface area contributed by atoms with E-state index < -0.39 is 0 Å². The van der Waals surface area contributed by atoms with E-state index in [-0.39, 0.29) is 24.0 Å². The van der Waals surface area contributed by atoms with Gasteiger partial charge >= 0.3 is 0 Å². The first-order chi connectivity index (χ1) is 4.35. The van der Waals surface area contributed by atoms with Crippen molar-refractivity contribution in [1.29, 1.82) is 0 Å². The van der Waals surface area contributed by atoms with Crippen LogP contribution in [-0.2, 0) is 4.74 Å². The van der Waals surface area contributed by atoms with Gasteiger partial charge in [0, 0.05) is 13.7 Å². The summed E-state index contributed by atoms with van der Waals surface area (Å²) >= 11 is 0. The van der Waals surface area contributed by atoms with Crippen molar-refractivity contribution < 1.29 is 4.74 Å². The molecule has 0 aliphatic heterocycles. The predicted octanol–water partition coefficient (Wildman–Crippen LogP) is 1.59. The molecule has 0 aromatic rings. The fourth-order valence-electron chi connectivity index (χ4n) is 0.760. The molecule has 0 unspecified atom stereocenters. The Balaban J connectivity index is 0. The van der Waals surface area contributed by atoms with Crippen molar-refractivity contribution in [2.45, 2.75) is 13.8 Å². The number of likely N-dealkylation sites (N-methyl/N-ethyl adjacent to an activating group) is 1. The Bertz CT molecular complexity index is 57.6. The highest BCUT2D eigenvalue weighted by atomic mass is 127. The van der Waals surface area contributed by atoms with Crippen molar-refractivity contribution in [1.82, 2.24) is 4.90 Å². The highest BCUT2D eigenvalue weighted by Gasteiger charge is 1.95. The number of methoxy groups -OCH3 is 1. The van der Waals surface area contributed by atoms with Gasteiger partial charge < -0.3 is 9.64 Å². The third-order valence-electron chi connectivity index (χ3n) is 1.51. The topological polar surface area (TPSA) is 12.5 Å². The number of nitrogens with zero attached hydrogens (tertiary/aromatic N) is 1. The number of hydrogen-bond acceptors (Lipinski definition) is 2. The monoisotopic (exact) mass is 259 g/mol. The number of rotatable bonds is 5. The van der Waals surface area contributed by atoms with Crippen molar-refractivity contribution in [2.75, 3.05) is 33.4 Å². The lowest BCUT2D eigenvalue weighted by Crippen LogP contribution is -2.26. The standard InChI is InChI=1S/C7H17NO.HI/c1-4-8(5-2)6-7-9-3;/h4-7H2,1-3H3;1H. The molecule has 0 spiro atoms. The van der Waals surface area contributed by atoms with Gasteiger partial charge in [-0.15, -0.1) is 24.0 Å². The van der Waals surface area contributed by atoms with Gasteiger partial charge in [0.15, 0.2) is 0 Å². The predicted molar refractivity (Wildman–Crippen MR) is 55.1 cm³/mol. The summed E-state index contributed by atoms with van der Waals surface area (Å²) in [5.74, 6) is 0. The second kappa shape index (κ2) is 9.65. The maximum absolute atomic E-state index is 4.93. The van der Waals surface area contributed by atoms with Crippen LogP contribution in [-0.4, -0.2) is 38.3 Å². The van der Waals surface area contributed by atoms with Crippen LogP contribution in [0.25, 0.3) is 0 Å². The van der Waals surface area contributed by atoms with Crippen LogP contribution in [0.2, 0.25) is 0 Å². The van der Waals surface area contributed by atoms with E-state index >= 15 is 0 Å². The van der Waals surface area contributed by atoms with Gasteiger partial charge in [-0.3, -0.25) is 0 Å². The molecule has 0 atom stereocenters. The van der Waals surface area contributed by atoms with Gasteiger partial charge in [0.1, 0.15) is 0 Å². The lowest BCUT2D eigenvalue weighted by atomic mass is 10.5. The van der Waals surface area contributed by atoms with Gasteiger partial charge in [0.2, 0.25) is 0 Å². The summed E-state index contributed by atoms with van der Waals surface area (Å²) < 4.78 is 4.93. The molecule has 0 aromatic heterocycles. The first-order valence-corrected chi connectivity index (χ1v) is 3.56. The van der Waals surface area contributed by atoms with Crippen LogP contribution in [0.1, 0.15) is 13.8 Å². The van der Waals surface area contributed by atoms with Gasteiger partial charge in [-0.2, -0.15) is 0 Å². The molecule has 0 bridgehead atoms. The van der Waals surface area contributed by atoms with Crippen LogP contribution in [0.4, 0.5) is 0 Å². The molecule has 0 rings (SSSR count). The summed E-state index contributed by atoms with van der Waals surface area (Å²) in [7, 11) is 1.74. The zero-order valence-corrected chi connectivity index (χ0v) is 9.42. The van der Waals surface area contributed by atoms with E-state index in [9.17, 15) is 0 Å². The highest BCUT2D eigenvalue weighted by Crippen LogP contribution is 1.84. The van der Waals surface area contributed by atoms with E-state index in [2.05, 4.69) is 18.7 Å². The number of hydrogen-bond donors (Lipinski definition) is 0.